The first-order valence-electron chi connectivity index (χ1n) is 7.66. The first-order valence-corrected chi connectivity index (χ1v) is 8.64. The summed E-state index contributed by atoms with van der Waals surface area (Å²) in [5.41, 5.74) is 5.33. The van der Waals surface area contributed by atoms with Crippen molar-refractivity contribution in [2.75, 3.05) is 0 Å². The van der Waals surface area contributed by atoms with Crippen LogP contribution in [0.25, 0.3) is 22.5 Å². The Morgan fingerprint density at radius 3 is 2.79 bits per heavy atom. The van der Waals surface area contributed by atoms with Crippen LogP contribution in [-0.2, 0) is 5.75 Å². The van der Waals surface area contributed by atoms with Gasteiger partial charge in [0, 0.05) is 5.56 Å². The maximum Gasteiger partial charge on any atom is 0.247 e. The Kier molecular flexibility index (Phi) is 3.82. The molecule has 0 saturated carbocycles. The molecule has 4 aromatic rings. The van der Waals surface area contributed by atoms with Crippen LogP contribution in [0.3, 0.4) is 0 Å². The number of rotatable bonds is 4. The molecule has 4 rings (SSSR count). The molecule has 0 saturated heterocycles. The Labute approximate surface area is 143 Å². The Balaban J connectivity index is 1.49. The van der Waals surface area contributed by atoms with Crippen LogP contribution in [0.4, 0.5) is 0 Å². The van der Waals surface area contributed by atoms with Gasteiger partial charge in [-0.3, -0.25) is 0 Å². The van der Waals surface area contributed by atoms with Gasteiger partial charge in [-0.15, -0.1) is 10.2 Å². The summed E-state index contributed by atoms with van der Waals surface area (Å²) >= 11 is 1.55. The van der Waals surface area contributed by atoms with E-state index >= 15 is 0 Å². The number of fused-ring (bicyclic) bond motifs is 1. The number of thioether (sulfide) groups is 1. The summed E-state index contributed by atoms with van der Waals surface area (Å²) in [6.45, 7) is 4.11. The number of H-pyrrole nitrogens is 1. The smallest absolute Gasteiger partial charge is 0.247 e. The molecule has 0 aliphatic heterocycles. The molecule has 0 aliphatic carbocycles. The number of nitrogens with zero attached hydrogens (tertiary/aromatic N) is 3. The van der Waals surface area contributed by atoms with Gasteiger partial charge < -0.3 is 9.40 Å². The molecule has 2 aromatic heterocycles. The van der Waals surface area contributed by atoms with Gasteiger partial charge in [-0.25, -0.2) is 4.98 Å². The zero-order chi connectivity index (χ0) is 16.5. The van der Waals surface area contributed by atoms with Crippen LogP contribution in [0.2, 0.25) is 0 Å². The largest absolute Gasteiger partial charge is 0.420 e. The van der Waals surface area contributed by atoms with Crippen molar-refractivity contribution in [3.8, 4) is 11.5 Å². The Morgan fingerprint density at radius 2 is 1.92 bits per heavy atom. The van der Waals surface area contributed by atoms with Gasteiger partial charge in [0.2, 0.25) is 11.8 Å². The molecule has 0 aliphatic rings. The van der Waals surface area contributed by atoms with E-state index in [0.717, 1.165) is 21.8 Å². The van der Waals surface area contributed by atoms with E-state index in [0.29, 0.717) is 17.5 Å². The van der Waals surface area contributed by atoms with Crippen molar-refractivity contribution in [1.82, 2.24) is 20.2 Å². The highest BCUT2D eigenvalue weighted by Gasteiger charge is 2.10. The zero-order valence-electron chi connectivity index (χ0n) is 13.4. The number of aromatic amines is 1. The van der Waals surface area contributed by atoms with Gasteiger partial charge in [0.15, 0.2) is 5.16 Å². The average molecular weight is 336 g/mol. The van der Waals surface area contributed by atoms with Gasteiger partial charge in [-0.2, -0.15) is 0 Å². The van der Waals surface area contributed by atoms with E-state index in [1.807, 2.05) is 37.3 Å². The third-order valence-corrected chi connectivity index (χ3v) is 4.54. The molecule has 0 radical (unpaired) electrons. The van der Waals surface area contributed by atoms with Gasteiger partial charge in [-0.1, -0.05) is 35.5 Å². The number of aryl methyl sites for hydroxylation is 2. The zero-order valence-corrected chi connectivity index (χ0v) is 14.2. The van der Waals surface area contributed by atoms with Crippen LogP contribution >= 0.6 is 11.8 Å². The monoisotopic (exact) mass is 336 g/mol. The quantitative estimate of drug-likeness (QED) is 0.555. The Morgan fingerprint density at radius 1 is 1.04 bits per heavy atom. The predicted molar refractivity (Wildman–Crippen MR) is 94.9 cm³/mol. The maximum atomic E-state index is 5.75. The van der Waals surface area contributed by atoms with Gasteiger partial charge in [0.25, 0.3) is 0 Å². The summed E-state index contributed by atoms with van der Waals surface area (Å²) in [4.78, 5) is 7.88. The number of imidazole rings is 1. The van der Waals surface area contributed by atoms with Crippen molar-refractivity contribution in [2.45, 2.75) is 24.8 Å². The minimum atomic E-state index is 0.550. The highest BCUT2D eigenvalue weighted by molar-refractivity contribution is 7.98. The van der Waals surface area contributed by atoms with Crippen molar-refractivity contribution in [1.29, 1.82) is 0 Å². The summed E-state index contributed by atoms with van der Waals surface area (Å²) in [6.07, 6.45) is 0. The third kappa shape index (κ3) is 3.05. The van der Waals surface area contributed by atoms with Crippen molar-refractivity contribution in [3.63, 3.8) is 0 Å². The van der Waals surface area contributed by atoms with Crippen molar-refractivity contribution >= 4 is 22.8 Å². The molecular weight excluding hydrogens is 320 g/mol. The van der Waals surface area contributed by atoms with Crippen molar-refractivity contribution < 1.29 is 4.42 Å². The predicted octanol–water partition coefficient (Wildman–Crippen LogP) is 4.52. The number of benzene rings is 2. The van der Waals surface area contributed by atoms with Gasteiger partial charge in [0.05, 0.1) is 16.8 Å². The molecule has 0 unspecified atom stereocenters. The fourth-order valence-electron chi connectivity index (χ4n) is 2.51. The minimum absolute atomic E-state index is 0.550. The van der Waals surface area contributed by atoms with E-state index < -0.39 is 0 Å². The lowest BCUT2D eigenvalue weighted by atomic mass is 10.1. The third-order valence-electron chi connectivity index (χ3n) is 3.68. The normalized spacial score (nSPS) is 11.2. The topological polar surface area (TPSA) is 67.6 Å². The van der Waals surface area contributed by atoms with E-state index in [1.165, 1.54) is 11.1 Å². The molecule has 2 aromatic carbocycles. The lowest BCUT2D eigenvalue weighted by molar-refractivity contribution is 0.528. The highest BCUT2D eigenvalue weighted by atomic mass is 32.2. The fraction of sp³-hybridized carbons (Fsp3) is 0.167. The van der Waals surface area contributed by atoms with E-state index in [-0.39, 0.29) is 0 Å². The molecule has 1 N–H and O–H groups in total. The van der Waals surface area contributed by atoms with Gasteiger partial charge in [0.1, 0.15) is 0 Å². The second-order valence-corrected chi connectivity index (χ2v) is 6.69. The molecule has 0 bridgehead atoms. The lowest BCUT2D eigenvalue weighted by Gasteiger charge is -1.96. The van der Waals surface area contributed by atoms with Crippen LogP contribution in [-0.4, -0.2) is 20.2 Å². The second kappa shape index (κ2) is 6.13. The summed E-state index contributed by atoms with van der Waals surface area (Å²) in [6, 6.07) is 14.2. The molecule has 0 amide bonds. The van der Waals surface area contributed by atoms with Crippen LogP contribution in [0.15, 0.2) is 52.0 Å². The number of hydrogen-bond acceptors (Lipinski definition) is 5. The molecule has 120 valence electrons. The van der Waals surface area contributed by atoms with E-state index in [4.69, 9.17) is 4.42 Å². The molecule has 24 heavy (non-hydrogen) atoms. The second-order valence-electron chi connectivity index (χ2n) is 5.72. The molecule has 0 fully saturated rings. The summed E-state index contributed by atoms with van der Waals surface area (Å²) in [5.74, 6) is 1.72. The molecule has 2 heterocycles. The molecule has 0 spiro atoms. The van der Waals surface area contributed by atoms with E-state index in [1.54, 1.807) is 11.8 Å². The SMILES string of the molecule is Cc1cccc(-c2nnc(CSc3nc4ccc(C)cc4[nH]3)o2)c1. The van der Waals surface area contributed by atoms with Crippen LogP contribution in [0.1, 0.15) is 17.0 Å². The van der Waals surface area contributed by atoms with Crippen molar-refractivity contribution in [3.05, 3.63) is 59.5 Å². The number of aromatic nitrogens is 4. The molecule has 5 nitrogen and oxygen atoms in total. The fourth-order valence-corrected chi connectivity index (χ4v) is 3.23. The first kappa shape index (κ1) is 15.0. The molecule has 6 heteroatoms. The lowest BCUT2D eigenvalue weighted by Crippen LogP contribution is -1.81. The molecular formula is C18H16N4OS. The average Bonchev–Trinajstić information content (AvgIpc) is 3.19. The summed E-state index contributed by atoms with van der Waals surface area (Å²) in [5, 5.41) is 9.11. The standard InChI is InChI=1S/C18H16N4OS/c1-11-4-3-5-13(8-11)17-22-21-16(23-17)10-24-18-19-14-7-6-12(2)9-15(14)20-18/h3-9H,10H2,1-2H3,(H,19,20). The van der Waals surface area contributed by atoms with E-state index in [2.05, 4.69) is 39.2 Å². The van der Waals surface area contributed by atoms with Crippen LogP contribution in [0, 0.1) is 13.8 Å². The summed E-state index contributed by atoms with van der Waals surface area (Å²) in [7, 11) is 0. The van der Waals surface area contributed by atoms with E-state index in [9.17, 15) is 0 Å². The van der Waals surface area contributed by atoms with Crippen molar-refractivity contribution in [2.24, 2.45) is 0 Å². The van der Waals surface area contributed by atoms with Gasteiger partial charge in [-0.05, 0) is 43.7 Å². The Bertz CT molecular complexity index is 1010. The first-order chi connectivity index (χ1) is 11.7. The maximum absolute atomic E-state index is 5.75. The van der Waals surface area contributed by atoms with Gasteiger partial charge >= 0.3 is 0 Å². The minimum Gasteiger partial charge on any atom is -0.420 e. The summed E-state index contributed by atoms with van der Waals surface area (Å²) < 4.78 is 5.75. The van der Waals surface area contributed by atoms with Crippen LogP contribution < -0.4 is 0 Å². The molecule has 0 atom stereocenters. The highest BCUT2D eigenvalue weighted by Crippen LogP contribution is 2.25. The number of hydrogen-bond donors (Lipinski definition) is 1. The number of nitrogens with one attached hydrogen (secondary N) is 1. The van der Waals surface area contributed by atoms with Crippen LogP contribution in [0.5, 0.6) is 0 Å². The Hall–Kier alpha value is -2.60.